The maximum Gasteiger partial charge on any atom is 0.0725 e. The number of fused-ring (bicyclic) bond motifs is 19. The molecule has 0 amide bonds. The Kier molecular flexibility index (Phi) is 7.51. The van der Waals surface area contributed by atoms with Crippen molar-refractivity contribution in [2.75, 3.05) is 0 Å². The molecule has 8 aromatic carbocycles. The van der Waals surface area contributed by atoms with Gasteiger partial charge in [-0.15, -0.1) is 0 Å². The van der Waals surface area contributed by atoms with E-state index in [0.717, 1.165) is 6.42 Å². The van der Waals surface area contributed by atoms with Crippen LogP contribution in [0.5, 0.6) is 0 Å². The van der Waals surface area contributed by atoms with Gasteiger partial charge in [0.15, 0.2) is 0 Å². The van der Waals surface area contributed by atoms with Gasteiger partial charge in [-0.25, -0.2) is 0 Å². The number of para-hydroxylation sites is 2. The van der Waals surface area contributed by atoms with Crippen molar-refractivity contribution in [1.29, 1.82) is 0 Å². The first kappa shape index (κ1) is 34.4. The highest BCUT2D eigenvalue weighted by Gasteiger charge is 2.61. The first-order chi connectivity index (χ1) is 29.3. The largest absolute Gasteiger partial charge is 0.309 e. The van der Waals surface area contributed by atoms with Crippen molar-refractivity contribution in [1.82, 2.24) is 4.57 Å². The fourth-order valence-electron chi connectivity index (χ4n) is 12.2. The van der Waals surface area contributed by atoms with Crippen LogP contribution in [0.15, 0.2) is 200 Å². The molecule has 13 rings (SSSR count). The highest BCUT2D eigenvalue weighted by Crippen LogP contribution is 2.70. The zero-order valence-corrected chi connectivity index (χ0v) is 33.6. The Morgan fingerprint density at radius 1 is 0.458 bits per heavy atom. The van der Waals surface area contributed by atoms with Gasteiger partial charge in [-0.3, -0.25) is 0 Å². The molecule has 9 aromatic rings. The quantitative estimate of drug-likeness (QED) is 0.155. The van der Waals surface area contributed by atoms with Gasteiger partial charge in [0.1, 0.15) is 0 Å². The van der Waals surface area contributed by atoms with Crippen LogP contribution < -0.4 is 0 Å². The summed E-state index contributed by atoms with van der Waals surface area (Å²) < 4.78 is 2.46. The summed E-state index contributed by atoms with van der Waals surface area (Å²) >= 11 is 0. The minimum Gasteiger partial charge on any atom is -0.309 e. The van der Waals surface area contributed by atoms with Crippen molar-refractivity contribution < 1.29 is 0 Å². The fourth-order valence-corrected chi connectivity index (χ4v) is 12.2. The fraction of sp³-hybridized carbons (Fsp3) is 0.138. The summed E-state index contributed by atoms with van der Waals surface area (Å²) in [5.41, 5.74) is 20.9. The summed E-state index contributed by atoms with van der Waals surface area (Å²) in [7, 11) is 0. The summed E-state index contributed by atoms with van der Waals surface area (Å²) in [6, 6.07) is 71.8. The molecule has 1 heterocycles. The predicted molar refractivity (Wildman–Crippen MR) is 246 cm³/mol. The molecule has 1 heteroatoms. The molecule has 4 aliphatic carbocycles. The lowest BCUT2D eigenvalue weighted by molar-refractivity contribution is 0.566. The van der Waals surface area contributed by atoms with Gasteiger partial charge in [0.25, 0.3) is 0 Å². The topological polar surface area (TPSA) is 4.93 Å². The van der Waals surface area contributed by atoms with Crippen molar-refractivity contribution >= 4 is 21.8 Å². The average molecular weight is 756 g/mol. The van der Waals surface area contributed by atoms with Gasteiger partial charge in [0.2, 0.25) is 0 Å². The van der Waals surface area contributed by atoms with Crippen LogP contribution in [0.3, 0.4) is 0 Å². The Bertz CT molecular complexity index is 3130. The zero-order chi connectivity index (χ0) is 39.3. The van der Waals surface area contributed by atoms with Gasteiger partial charge in [-0.2, -0.15) is 0 Å². The van der Waals surface area contributed by atoms with E-state index in [1.165, 1.54) is 107 Å². The van der Waals surface area contributed by atoms with Gasteiger partial charge in [0.05, 0.1) is 21.9 Å². The van der Waals surface area contributed by atoms with Gasteiger partial charge >= 0.3 is 0 Å². The van der Waals surface area contributed by atoms with Crippen LogP contribution >= 0.6 is 0 Å². The van der Waals surface area contributed by atoms with Crippen molar-refractivity contribution in [2.45, 2.75) is 49.9 Å². The second kappa shape index (κ2) is 12.9. The molecule has 0 saturated heterocycles. The van der Waals surface area contributed by atoms with E-state index in [1.807, 2.05) is 13.8 Å². The van der Waals surface area contributed by atoms with E-state index >= 15 is 0 Å². The summed E-state index contributed by atoms with van der Waals surface area (Å²) in [6.45, 7) is 4.00. The third-order valence-corrected chi connectivity index (χ3v) is 14.1. The van der Waals surface area contributed by atoms with Gasteiger partial charge in [-0.05, 0) is 116 Å². The minimum absolute atomic E-state index is 0.398. The summed E-state index contributed by atoms with van der Waals surface area (Å²) in [6.07, 6.45) is 6.18. The smallest absolute Gasteiger partial charge is 0.0725 e. The Morgan fingerprint density at radius 2 is 1.03 bits per heavy atom. The summed E-state index contributed by atoms with van der Waals surface area (Å²) in [4.78, 5) is 0. The van der Waals surface area contributed by atoms with E-state index in [-0.39, 0.29) is 0 Å². The summed E-state index contributed by atoms with van der Waals surface area (Å²) in [5, 5.41) is 2.55. The molecule has 0 fully saturated rings. The normalized spacial score (nSPS) is 18.6. The average Bonchev–Trinajstić information content (AvgIpc) is 3.92. The van der Waals surface area contributed by atoms with Gasteiger partial charge in [-0.1, -0.05) is 184 Å². The highest BCUT2D eigenvalue weighted by molar-refractivity contribution is 6.10. The number of benzene rings is 8. The van der Waals surface area contributed by atoms with E-state index in [2.05, 4.69) is 199 Å². The maximum absolute atomic E-state index is 2.64. The van der Waals surface area contributed by atoms with Crippen LogP contribution in [0.4, 0.5) is 0 Å². The zero-order valence-electron chi connectivity index (χ0n) is 33.6. The Hall–Kier alpha value is -6.70. The van der Waals surface area contributed by atoms with Crippen LogP contribution in [0.2, 0.25) is 0 Å². The molecule has 0 radical (unpaired) electrons. The molecule has 1 aromatic heterocycles. The third kappa shape index (κ3) is 4.30. The van der Waals surface area contributed by atoms with Crippen LogP contribution in [-0.2, 0) is 10.8 Å². The van der Waals surface area contributed by atoms with Crippen molar-refractivity contribution in [3.05, 3.63) is 244 Å². The minimum atomic E-state index is -0.524. The molecule has 2 atom stereocenters. The van der Waals surface area contributed by atoms with Crippen LogP contribution in [0.25, 0.3) is 49.7 Å². The first-order valence-electron chi connectivity index (χ1n) is 21.6. The molecular formula is C58H45N. The van der Waals surface area contributed by atoms with E-state index < -0.39 is 10.8 Å². The monoisotopic (exact) mass is 755 g/mol. The second-order valence-electron chi connectivity index (χ2n) is 16.5. The highest BCUT2D eigenvalue weighted by atomic mass is 15.0. The first-order valence-corrected chi connectivity index (χ1v) is 21.6. The number of hydrogen-bond donors (Lipinski definition) is 0. The lowest BCUT2D eigenvalue weighted by Gasteiger charge is -2.50. The SMILES string of the molecule is C1=C2C(CCC1)c1ccccc1C21c2ccccc2C2(c3ccccc3-c3ccccc32)c2c(-c3ccc4c5ccccc5n(-c5ccccc5)c4c3)cccc21.CC. The number of hydrogen-bond acceptors (Lipinski definition) is 0. The van der Waals surface area contributed by atoms with Crippen molar-refractivity contribution in [3.63, 3.8) is 0 Å². The molecule has 2 spiro atoms. The molecule has 2 unspecified atom stereocenters. The second-order valence-corrected chi connectivity index (χ2v) is 16.5. The molecular weight excluding hydrogens is 711 g/mol. The van der Waals surface area contributed by atoms with E-state index in [0.29, 0.717) is 5.92 Å². The molecule has 1 nitrogen and oxygen atoms in total. The Balaban J connectivity index is 0.00000186. The van der Waals surface area contributed by atoms with E-state index in [1.54, 1.807) is 5.57 Å². The molecule has 0 N–H and O–H groups in total. The molecule has 0 bridgehead atoms. The molecule has 0 saturated carbocycles. The van der Waals surface area contributed by atoms with E-state index in [4.69, 9.17) is 0 Å². The molecule has 0 aliphatic heterocycles. The number of aromatic nitrogens is 1. The molecule has 282 valence electrons. The molecule has 4 aliphatic rings. The lowest BCUT2D eigenvalue weighted by Crippen LogP contribution is -2.44. The van der Waals surface area contributed by atoms with E-state index in [9.17, 15) is 0 Å². The number of rotatable bonds is 2. The molecule has 59 heavy (non-hydrogen) atoms. The third-order valence-electron chi connectivity index (χ3n) is 14.1. The lowest BCUT2D eigenvalue weighted by atomic mass is 9.51. The van der Waals surface area contributed by atoms with Crippen LogP contribution in [-0.4, -0.2) is 4.57 Å². The summed E-state index contributed by atoms with van der Waals surface area (Å²) in [5.74, 6) is 0.412. The van der Waals surface area contributed by atoms with Gasteiger partial charge < -0.3 is 4.57 Å². The standard InChI is InChI=1S/C56H39N.C2H6/c1-2-17-37(18-3-1)57-52-32-15-8-23-43(52)44-34-33-36(35-53(44)57)38-24-16-31-51-54(38)56(47-27-11-6-21-41(47)42-22-7-12-28-48(42)56)50-30-14-13-29-49(50)55(51)45-25-9-4-19-39(45)40-20-5-10-26-46(40)55;1-2/h1-4,6-9,11-19,21-35,40H,5,10,20H2;1-2H3. The van der Waals surface area contributed by atoms with Crippen LogP contribution in [0, 0.1) is 0 Å². The van der Waals surface area contributed by atoms with Crippen LogP contribution in [0.1, 0.15) is 83.5 Å². The van der Waals surface area contributed by atoms with Crippen molar-refractivity contribution in [2.24, 2.45) is 0 Å². The van der Waals surface area contributed by atoms with Gasteiger partial charge in [0, 0.05) is 22.4 Å². The predicted octanol–water partition coefficient (Wildman–Crippen LogP) is 14.7. The Morgan fingerprint density at radius 3 is 1.80 bits per heavy atom. The number of allylic oxidation sites excluding steroid dienone is 2. The Labute approximate surface area is 346 Å². The maximum atomic E-state index is 2.64. The number of nitrogens with zero attached hydrogens (tertiary/aromatic N) is 1. The van der Waals surface area contributed by atoms with Crippen molar-refractivity contribution in [3.8, 4) is 27.9 Å².